The highest BCUT2D eigenvalue weighted by molar-refractivity contribution is 5.71. The molecule has 1 unspecified atom stereocenters. The predicted molar refractivity (Wildman–Crippen MR) is 307 cm³/mol. The Labute approximate surface area is 441 Å². The molecule has 71 heavy (non-hydrogen) atoms. The minimum absolute atomic E-state index is 0.0674. The van der Waals surface area contributed by atoms with E-state index >= 15 is 0 Å². The second kappa shape index (κ2) is 59.9. The van der Waals surface area contributed by atoms with Crippen LogP contribution in [0.1, 0.15) is 329 Å². The Morgan fingerprint density at radius 2 is 0.549 bits per heavy atom. The van der Waals surface area contributed by atoms with Gasteiger partial charge in [-0.15, -0.1) is 0 Å². The molecule has 0 aliphatic rings. The Balaban J connectivity index is 4.14. The van der Waals surface area contributed by atoms with E-state index in [9.17, 15) is 14.4 Å². The lowest BCUT2D eigenvalue weighted by Crippen LogP contribution is -2.30. The molecule has 1 atom stereocenters. The number of hydrogen-bond donors (Lipinski definition) is 0. The fraction of sp³-hybridized carbons (Fsp3) is 0.831. The largest absolute Gasteiger partial charge is 0.462 e. The lowest BCUT2D eigenvalue weighted by molar-refractivity contribution is -0.167. The van der Waals surface area contributed by atoms with Crippen LogP contribution < -0.4 is 0 Å². The van der Waals surface area contributed by atoms with Gasteiger partial charge in [0.25, 0.3) is 0 Å². The molecule has 0 aromatic rings. The van der Waals surface area contributed by atoms with Crippen LogP contribution in [-0.4, -0.2) is 37.2 Å². The smallest absolute Gasteiger partial charge is 0.306 e. The van der Waals surface area contributed by atoms with Crippen LogP contribution in [0.5, 0.6) is 0 Å². The maximum absolute atomic E-state index is 12.9. The topological polar surface area (TPSA) is 78.9 Å². The third-order valence-corrected chi connectivity index (χ3v) is 13.8. The molecule has 6 nitrogen and oxygen atoms in total. The number of allylic oxidation sites excluding steroid dienone is 8. The molecule has 0 rings (SSSR count). The first-order valence-electron chi connectivity index (χ1n) is 31.1. The predicted octanol–water partition coefficient (Wildman–Crippen LogP) is 21.0. The van der Waals surface area contributed by atoms with E-state index in [0.29, 0.717) is 19.3 Å². The molecule has 0 aliphatic heterocycles. The fourth-order valence-electron chi connectivity index (χ4n) is 9.20. The standard InChI is InChI=1S/C65H118O6/c1-4-7-10-13-16-19-21-23-25-27-28-29-30-31-32-33-34-35-36-38-39-41-43-46-49-52-55-58-64(67)70-61-62(60-69-63(66)57-54-51-48-45-18-15-12-9-6-3)71-65(68)59-56-53-50-47-44-42-40-37-26-24-22-20-17-14-11-8-5-2/h7,10,16,19,23,25,28-29,62H,4-6,8-9,11-15,17-18,20-22,24,26-27,30-61H2,1-3H3/b10-7-,19-16-,25-23-,29-28-. The molecule has 0 heterocycles. The van der Waals surface area contributed by atoms with Crippen LogP contribution in [0.15, 0.2) is 48.6 Å². The fourth-order valence-corrected chi connectivity index (χ4v) is 9.20. The maximum atomic E-state index is 12.9. The molecule has 0 amide bonds. The molecule has 0 aromatic carbocycles. The summed E-state index contributed by atoms with van der Waals surface area (Å²) in [6.07, 6.45) is 74.1. The Kier molecular flexibility index (Phi) is 57.7. The second-order valence-corrected chi connectivity index (χ2v) is 21.0. The monoisotopic (exact) mass is 995 g/mol. The lowest BCUT2D eigenvalue weighted by atomic mass is 10.0. The third kappa shape index (κ3) is 58.1. The molecule has 0 aliphatic carbocycles. The summed E-state index contributed by atoms with van der Waals surface area (Å²) >= 11 is 0. The first kappa shape index (κ1) is 68.4. The van der Waals surface area contributed by atoms with Crippen molar-refractivity contribution in [2.45, 2.75) is 335 Å². The van der Waals surface area contributed by atoms with E-state index in [1.807, 2.05) is 0 Å². The first-order valence-corrected chi connectivity index (χ1v) is 31.1. The van der Waals surface area contributed by atoms with Crippen molar-refractivity contribution in [2.24, 2.45) is 0 Å². The zero-order valence-corrected chi connectivity index (χ0v) is 47.5. The molecule has 6 heteroatoms. The maximum Gasteiger partial charge on any atom is 0.306 e. The Morgan fingerprint density at radius 1 is 0.296 bits per heavy atom. The highest BCUT2D eigenvalue weighted by Gasteiger charge is 2.19. The summed E-state index contributed by atoms with van der Waals surface area (Å²) in [4.78, 5) is 38.1. The van der Waals surface area contributed by atoms with E-state index in [4.69, 9.17) is 14.2 Å². The SMILES string of the molecule is CC/C=C\C/C=C\C/C=C\C/C=C\CCCCCCCCCCCCCCCCC(=O)OCC(COC(=O)CCCCCCCCCCC)OC(=O)CCCCCCCCCCCCCCCCCCC. The van der Waals surface area contributed by atoms with Crippen molar-refractivity contribution < 1.29 is 28.6 Å². The molecule has 0 fully saturated rings. The van der Waals surface area contributed by atoms with Gasteiger partial charge in [-0.1, -0.05) is 301 Å². The van der Waals surface area contributed by atoms with E-state index in [2.05, 4.69) is 69.4 Å². The van der Waals surface area contributed by atoms with Gasteiger partial charge in [-0.3, -0.25) is 14.4 Å². The number of hydrogen-bond acceptors (Lipinski definition) is 6. The van der Waals surface area contributed by atoms with Crippen LogP contribution in [0.2, 0.25) is 0 Å². The Morgan fingerprint density at radius 3 is 0.859 bits per heavy atom. The number of carbonyl (C=O) groups excluding carboxylic acids is 3. The van der Waals surface area contributed by atoms with Crippen LogP contribution in [0, 0.1) is 0 Å². The van der Waals surface area contributed by atoms with Crippen molar-refractivity contribution in [3.05, 3.63) is 48.6 Å². The molecular formula is C65H118O6. The summed E-state index contributed by atoms with van der Waals surface area (Å²) in [7, 11) is 0. The average molecular weight is 996 g/mol. The van der Waals surface area contributed by atoms with Crippen LogP contribution in [-0.2, 0) is 28.6 Å². The highest BCUT2D eigenvalue weighted by atomic mass is 16.6. The number of carbonyl (C=O) groups is 3. The molecule has 0 radical (unpaired) electrons. The normalized spacial score (nSPS) is 12.3. The van der Waals surface area contributed by atoms with Crippen molar-refractivity contribution in [1.29, 1.82) is 0 Å². The number of esters is 3. The Bertz CT molecular complexity index is 1230. The van der Waals surface area contributed by atoms with Crippen molar-refractivity contribution in [3.8, 4) is 0 Å². The minimum atomic E-state index is -0.767. The van der Waals surface area contributed by atoms with Crippen molar-refractivity contribution >= 4 is 17.9 Å². The van der Waals surface area contributed by atoms with Crippen LogP contribution in [0.25, 0.3) is 0 Å². The van der Waals surface area contributed by atoms with E-state index in [1.165, 1.54) is 205 Å². The molecule has 0 bridgehead atoms. The zero-order chi connectivity index (χ0) is 51.4. The number of unbranched alkanes of at least 4 members (excludes halogenated alkanes) is 38. The van der Waals surface area contributed by atoms with E-state index in [0.717, 1.165) is 83.5 Å². The summed E-state index contributed by atoms with van der Waals surface area (Å²) in [5.41, 5.74) is 0. The second-order valence-electron chi connectivity index (χ2n) is 21.0. The van der Waals surface area contributed by atoms with Crippen LogP contribution in [0.3, 0.4) is 0 Å². The molecule has 0 spiro atoms. The summed E-state index contributed by atoms with van der Waals surface area (Å²) in [6, 6.07) is 0. The Hall–Kier alpha value is -2.63. The van der Waals surface area contributed by atoms with Crippen molar-refractivity contribution in [2.75, 3.05) is 13.2 Å². The van der Waals surface area contributed by atoms with Gasteiger partial charge in [0, 0.05) is 19.3 Å². The van der Waals surface area contributed by atoms with Crippen LogP contribution >= 0.6 is 0 Å². The summed E-state index contributed by atoms with van der Waals surface area (Å²) in [5, 5.41) is 0. The van der Waals surface area contributed by atoms with E-state index in [1.54, 1.807) is 0 Å². The van der Waals surface area contributed by atoms with Crippen molar-refractivity contribution in [3.63, 3.8) is 0 Å². The van der Waals surface area contributed by atoms with Gasteiger partial charge >= 0.3 is 17.9 Å². The molecule has 0 aromatic heterocycles. The molecule has 0 saturated heterocycles. The highest BCUT2D eigenvalue weighted by Crippen LogP contribution is 2.17. The first-order chi connectivity index (χ1) is 35.0. The van der Waals surface area contributed by atoms with Gasteiger partial charge in [0.2, 0.25) is 0 Å². The molecule has 414 valence electrons. The minimum Gasteiger partial charge on any atom is -0.462 e. The quantitative estimate of drug-likeness (QED) is 0.0261. The van der Waals surface area contributed by atoms with Crippen molar-refractivity contribution in [1.82, 2.24) is 0 Å². The molecule has 0 N–H and O–H groups in total. The van der Waals surface area contributed by atoms with E-state index in [-0.39, 0.29) is 31.1 Å². The number of ether oxygens (including phenoxy) is 3. The van der Waals surface area contributed by atoms with Gasteiger partial charge in [0.05, 0.1) is 0 Å². The summed E-state index contributed by atoms with van der Waals surface area (Å²) in [6.45, 7) is 6.56. The van der Waals surface area contributed by atoms with E-state index < -0.39 is 6.10 Å². The van der Waals surface area contributed by atoms with Gasteiger partial charge in [-0.2, -0.15) is 0 Å². The van der Waals surface area contributed by atoms with Crippen LogP contribution in [0.4, 0.5) is 0 Å². The summed E-state index contributed by atoms with van der Waals surface area (Å²) < 4.78 is 16.9. The van der Waals surface area contributed by atoms with Gasteiger partial charge in [0.1, 0.15) is 13.2 Å². The number of rotatable bonds is 57. The average Bonchev–Trinajstić information content (AvgIpc) is 3.37. The zero-order valence-electron chi connectivity index (χ0n) is 47.5. The third-order valence-electron chi connectivity index (χ3n) is 13.8. The lowest BCUT2D eigenvalue weighted by Gasteiger charge is -2.18. The van der Waals surface area contributed by atoms with Gasteiger partial charge in [-0.25, -0.2) is 0 Å². The summed E-state index contributed by atoms with van der Waals surface area (Å²) in [5.74, 6) is -0.850. The van der Waals surface area contributed by atoms with Gasteiger partial charge < -0.3 is 14.2 Å². The van der Waals surface area contributed by atoms with Gasteiger partial charge in [0.15, 0.2) is 6.10 Å². The molecular weight excluding hydrogens is 877 g/mol. The van der Waals surface area contributed by atoms with Gasteiger partial charge in [-0.05, 0) is 57.8 Å². The molecule has 0 saturated carbocycles.